The molecule has 0 bridgehead atoms. The van der Waals surface area contributed by atoms with Gasteiger partial charge in [-0.3, -0.25) is 0 Å². The average Bonchev–Trinajstić information content (AvgIpc) is 2.60. The van der Waals surface area contributed by atoms with Gasteiger partial charge in [-0.25, -0.2) is 4.57 Å². The van der Waals surface area contributed by atoms with Gasteiger partial charge < -0.3 is 24.0 Å². The van der Waals surface area contributed by atoms with Crippen molar-refractivity contribution in [2.75, 3.05) is 0 Å². The van der Waals surface area contributed by atoms with Crippen LogP contribution < -0.4 is 28.5 Å². The van der Waals surface area contributed by atoms with E-state index in [0.29, 0.717) is 0 Å². The molecule has 146 valence electrons. The molecular weight excluding hydrogens is 417 g/mol. The molecule has 0 fully saturated rings. The van der Waals surface area contributed by atoms with Gasteiger partial charge in [0.15, 0.2) is 12.4 Å². The van der Waals surface area contributed by atoms with Gasteiger partial charge in [0.1, 0.15) is 6.54 Å². The van der Waals surface area contributed by atoms with E-state index in [4.69, 9.17) is 0 Å². The fourth-order valence-corrected chi connectivity index (χ4v) is 3.35. The molecule has 0 spiro atoms. The maximum Gasteiger partial charge on any atom is 0.169 e. The Labute approximate surface area is 175 Å². The summed E-state index contributed by atoms with van der Waals surface area (Å²) in [6.07, 6.45) is 26.0. The summed E-state index contributed by atoms with van der Waals surface area (Å²) in [6.45, 7) is 5.62. The fraction of sp³-hybridized carbons (Fsp3) is 0.783. The molecule has 1 nitrogen and oxygen atoms in total. The minimum absolute atomic E-state index is 0. The first-order chi connectivity index (χ1) is 11.8. The molecule has 0 unspecified atom stereocenters. The number of hydrogen-bond acceptors (Lipinski definition) is 0. The number of unbranched alkanes of at least 4 members (excludes halogenated alkanes) is 14. The molecule has 1 heterocycles. The van der Waals surface area contributed by atoms with Crippen molar-refractivity contribution in [3.05, 3.63) is 30.1 Å². The first-order valence-electron chi connectivity index (χ1n) is 10.8. The number of hydrogen-bond donors (Lipinski definition) is 0. The van der Waals surface area contributed by atoms with E-state index in [9.17, 15) is 0 Å². The molecular formula is C23H42IN. The molecule has 1 aromatic heterocycles. The lowest BCUT2D eigenvalue weighted by molar-refractivity contribution is -0.697. The Kier molecular flexibility index (Phi) is 18.6. The highest BCUT2D eigenvalue weighted by Gasteiger charge is 1.99. The number of rotatable bonds is 16. The van der Waals surface area contributed by atoms with Crippen molar-refractivity contribution >= 4 is 0 Å². The van der Waals surface area contributed by atoms with E-state index in [0.717, 1.165) is 0 Å². The van der Waals surface area contributed by atoms with Crippen molar-refractivity contribution in [2.45, 2.75) is 117 Å². The van der Waals surface area contributed by atoms with Gasteiger partial charge in [-0.1, -0.05) is 90.4 Å². The van der Waals surface area contributed by atoms with Crippen LogP contribution in [0.4, 0.5) is 0 Å². The summed E-state index contributed by atoms with van der Waals surface area (Å²) >= 11 is 0. The van der Waals surface area contributed by atoms with Gasteiger partial charge in [0, 0.05) is 18.6 Å². The van der Waals surface area contributed by atoms with Crippen molar-refractivity contribution in [1.29, 1.82) is 0 Å². The second kappa shape index (κ2) is 18.7. The number of pyridine rings is 1. The molecule has 0 saturated carbocycles. The third kappa shape index (κ3) is 15.8. The third-order valence-electron chi connectivity index (χ3n) is 5.08. The molecule has 0 aliphatic heterocycles. The van der Waals surface area contributed by atoms with Crippen LogP contribution in [0.25, 0.3) is 0 Å². The van der Waals surface area contributed by atoms with Gasteiger partial charge in [0.05, 0.1) is 0 Å². The predicted molar refractivity (Wildman–Crippen MR) is 106 cm³/mol. The van der Waals surface area contributed by atoms with Crippen molar-refractivity contribution in [2.24, 2.45) is 0 Å². The fourth-order valence-electron chi connectivity index (χ4n) is 3.35. The highest BCUT2D eigenvalue weighted by molar-refractivity contribution is 5.03. The van der Waals surface area contributed by atoms with Crippen LogP contribution in [0, 0.1) is 6.92 Å². The van der Waals surface area contributed by atoms with Crippen LogP contribution in [0.1, 0.15) is 109 Å². The molecule has 0 radical (unpaired) electrons. The molecule has 0 atom stereocenters. The van der Waals surface area contributed by atoms with Gasteiger partial charge in [0.25, 0.3) is 0 Å². The van der Waals surface area contributed by atoms with Crippen molar-refractivity contribution < 1.29 is 28.5 Å². The number of halogens is 1. The second-order valence-electron chi connectivity index (χ2n) is 7.56. The molecule has 0 N–H and O–H groups in total. The highest BCUT2D eigenvalue weighted by Crippen LogP contribution is 2.13. The summed E-state index contributed by atoms with van der Waals surface area (Å²) < 4.78 is 2.31. The molecule has 25 heavy (non-hydrogen) atoms. The van der Waals surface area contributed by atoms with Crippen molar-refractivity contribution in [3.63, 3.8) is 0 Å². The third-order valence-corrected chi connectivity index (χ3v) is 5.08. The van der Waals surface area contributed by atoms with Gasteiger partial charge >= 0.3 is 0 Å². The predicted octanol–water partition coefficient (Wildman–Crippen LogP) is 4.16. The molecule has 1 rings (SSSR count). The summed E-state index contributed by atoms with van der Waals surface area (Å²) in [5.74, 6) is 0. The van der Waals surface area contributed by atoms with Crippen LogP contribution in [-0.4, -0.2) is 0 Å². The maximum atomic E-state index is 2.31. The zero-order valence-electron chi connectivity index (χ0n) is 16.9. The number of aromatic nitrogens is 1. The minimum atomic E-state index is 0. The van der Waals surface area contributed by atoms with Gasteiger partial charge in [0.2, 0.25) is 0 Å². The van der Waals surface area contributed by atoms with Crippen LogP contribution in [-0.2, 0) is 6.54 Å². The number of nitrogens with zero attached hydrogens (tertiary/aromatic N) is 1. The first kappa shape index (κ1) is 24.9. The Hall–Kier alpha value is -0.120. The normalized spacial score (nSPS) is 10.6. The smallest absolute Gasteiger partial charge is 0.169 e. The van der Waals surface area contributed by atoms with E-state index in [1.54, 1.807) is 0 Å². The summed E-state index contributed by atoms with van der Waals surface area (Å²) in [4.78, 5) is 0. The molecule has 0 aromatic carbocycles. The standard InChI is InChI=1S/C23H42N.HI/c1-3-4-5-6-7-8-9-10-11-12-13-14-15-16-17-20-24-21-18-23(2)19-22-24;/h18-19,21-22H,3-17,20H2,1-2H3;1H/q+1;/p-1. The first-order valence-corrected chi connectivity index (χ1v) is 10.8. The van der Waals surface area contributed by atoms with Crippen molar-refractivity contribution in [1.82, 2.24) is 0 Å². The summed E-state index contributed by atoms with van der Waals surface area (Å²) in [5, 5.41) is 0. The molecule has 1 aromatic rings. The van der Waals surface area contributed by atoms with Gasteiger partial charge in [-0.15, -0.1) is 0 Å². The van der Waals surface area contributed by atoms with Crippen LogP contribution >= 0.6 is 0 Å². The minimum Gasteiger partial charge on any atom is -1.00 e. The Morgan fingerprint density at radius 3 is 1.36 bits per heavy atom. The van der Waals surface area contributed by atoms with Crippen LogP contribution in [0.5, 0.6) is 0 Å². The molecule has 2 heteroatoms. The lowest BCUT2D eigenvalue weighted by Gasteiger charge is -2.03. The summed E-state index contributed by atoms with van der Waals surface area (Å²) in [6, 6.07) is 4.40. The molecule has 0 aliphatic carbocycles. The van der Waals surface area contributed by atoms with E-state index in [1.807, 2.05) is 0 Å². The average molecular weight is 459 g/mol. The van der Waals surface area contributed by atoms with Gasteiger partial charge in [-0.05, 0) is 18.9 Å². The van der Waals surface area contributed by atoms with E-state index < -0.39 is 0 Å². The molecule has 0 amide bonds. The highest BCUT2D eigenvalue weighted by atomic mass is 127. The van der Waals surface area contributed by atoms with E-state index in [1.165, 1.54) is 108 Å². The Morgan fingerprint density at radius 2 is 0.960 bits per heavy atom. The molecule has 0 saturated heterocycles. The monoisotopic (exact) mass is 459 g/mol. The van der Waals surface area contributed by atoms with Gasteiger partial charge in [-0.2, -0.15) is 0 Å². The summed E-state index contributed by atoms with van der Waals surface area (Å²) in [5.41, 5.74) is 1.35. The Balaban J connectivity index is 0.00000576. The zero-order valence-corrected chi connectivity index (χ0v) is 19.1. The lowest BCUT2D eigenvalue weighted by atomic mass is 10.0. The Morgan fingerprint density at radius 1 is 0.600 bits per heavy atom. The largest absolute Gasteiger partial charge is 1.00 e. The van der Waals surface area contributed by atoms with Crippen LogP contribution in [0.2, 0.25) is 0 Å². The topological polar surface area (TPSA) is 3.88 Å². The SMILES string of the molecule is CCCCCCCCCCCCCCCCC[n+]1ccc(C)cc1.[I-]. The summed E-state index contributed by atoms with van der Waals surface area (Å²) in [7, 11) is 0. The Bertz CT molecular complexity index is 374. The molecule has 0 aliphatic rings. The van der Waals surface area contributed by atoms with E-state index in [-0.39, 0.29) is 24.0 Å². The van der Waals surface area contributed by atoms with E-state index >= 15 is 0 Å². The maximum absolute atomic E-state index is 2.31. The zero-order chi connectivity index (χ0) is 17.3. The lowest BCUT2D eigenvalue weighted by Crippen LogP contribution is -3.00. The van der Waals surface area contributed by atoms with Crippen molar-refractivity contribution in [3.8, 4) is 0 Å². The van der Waals surface area contributed by atoms with Crippen LogP contribution in [0.15, 0.2) is 24.5 Å². The second-order valence-corrected chi connectivity index (χ2v) is 7.56. The number of aryl methyl sites for hydroxylation is 2. The quantitative estimate of drug-likeness (QED) is 0.199. The van der Waals surface area contributed by atoms with E-state index in [2.05, 4.69) is 42.9 Å². The van der Waals surface area contributed by atoms with Crippen LogP contribution in [0.3, 0.4) is 0 Å².